The Kier molecular flexibility index (Phi) is 7.74. The lowest BCUT2D eigenvalue weighted by atomic mass is 10.0. The molecular formula is C12H21NO6. The van der Waals surface area contributed by atoms with Gasteiger partial charge in [-0.15, -0.1) is 0 Å². The number of rotatable bonds is 9. The van der Waals surface area contributed by atoms with Gasteiger partial charge < -0.3 is 19.8 Å². The first kappa shape index (κ1) is 17.4. The van der Waals surface area contributed by atoms with E-state index in [2.05, 4.69) is 0 Å². The van der Waals surface area contributed by atoms with Gasteiger partial charge in [-0.2, -0.15) is 0 Å². The first-order valence-corrected chi connectivity index (χ1v) is 6.02. The van der Waals surface area contributed by atoms with Crippen LogP contribution in [0, 0.1) is 5.92 Å². The number of hydrogen-bond donors (Lipinski definition) is 2. The lowest BCUT2D eigenvalue weighted by Gasteiger charge is -2.29. The third kappa shape index (κ3) is 6.76. The van der Waals surface area contributed by atoms with Crippen molar-refractivity contribution in [1.82, 2.24) is 4.90 Å². The molecule has 0 aliphatic heterocycles. The smallest absolute Gasteiger partial charge is 0.326 e. The van der Waals surface area contributed by atoms with E-state index in [1.54, 1.807) is 0 Å². The number of carboxylic acid groups (broad SMARTS) is 2. The zero-order valence-corrected chi connectivity index (χ0v) is 11.5. The van der Waals surface area contributed by atoms with Crippen LogP contribution in [0.15, 0.2) is 0 Å². The summed E-state index contributed by atoms with van der Waals surface area (Å²) in [6, 6.07) is -1.03. The number of methoxy groups -OCH3 is 1. The highest BCUT2D eigenvalue weighted by atomic mass is 16.5. The molecule has 0 saturated carbocycles. The first-order chi connectivity index (χ1) is 8.79. The average Bonchev–Trinajstić information content (AvgIpc) is 2.27. The van der Waals surface area contributed by atoms with Gasteiger partial charge in [0.05, 0.1) is 6.42 Å². The quantitative estimate of drug-likeness (QED) is 0.632. The Morgan fingerprint density at radius 3 is 2.16 bits per heavy atom. The number of nitrogens with zero attached hydrogens (tertiary/aromatic N) is 1. The predicted molar refractivity (Wildman–Crippen MR) is 66.7 cm³/mol. The molecule has 0 aromatic rings. The van der Waals surface area contributed by atoms with Crippen LogP contribution in [0.2, 0.25) is 0 Å². The standard InChI is InChI=1S/C12H21NO6/c1-8(2)6-9(12(17)18)13(5-4-11(15)16)10(14)7-19-3/h8-9H,4-7H2,1-3H3,(H,15,16)(H,17,18). The predicted octanol–water partition coefficient (Wildman–Crippen LogP) is 0.435. The van der Waals surface area contributed by atoms with E-state index in [0.29, 0.717) is 0 Å². The molecule has 2 N–H and O–H groups in total. The number of amides is 1. The van der Waals surface area contributed by atoms with Crippen LogP contribution >= 0.6 is 0 Å². The van der Waals surface area contributed by atoms with Crippen molar-refractivity contribution in [2.45, 2.75) is 32.7 Å². The van der Waals surface area contributed by atoms with Gasteiger partial charge in [-0.3, -0.25) is 9.59 Å². The van der Waals surface area contributed by atoms with Crippen molar-refractivity contribution < 1.29 is 29.3 Å². The molecule has 1 atom stereocenters. The van der Waals surface area contributed by atoms with Gasteiger partial charge >= 0.3 is 11.9 Å². The van der Waals surface area contributed by atoms with Crippen LogP contribution in [-0.4, -0.2) is 59.3 Å². The fourth-order valence-electron chi connectivity index (χ4n) is 1.68. The van der Waals surface area contributed by atoms with Gasteiger partial charge in [-0.25, -0.2) is 4.79 Å². The van der Waals surface area contributed by atoms with Gasteiger partial charge in [0.15, 0.2) is 0 Å². The van der Waals surface area contributed by atoms with E-state index < -0.39 is 23.9 Å². The molecule has 0 fully saturated rings. The monoisotopic (exact) mass is 275 g/mol. The number of aliphatic carboxylic acids is 2. The molecule has 0 bridgehead atoms. The summed E-state index contributed by atoms with van der Waals surface area (Å²) in [6.45, 7) is 3.28. The van der Waals surface area contributed by atoms with Crippen LogP contribution in [0.3, 0.4) is 0 Å². The largest absolute Gasteiger partial charge is 0.481 e. The zero-order valence-electron chi connectivity index (χ0n) is 11.5. The molecule has 0 aliphatic carbocycles. The van der Waals surface area contributed by atoms with Crippen molar-refractivity contribution in [1.29, 1.82) is 0 Å². The highest BCUT2D eigenvalue weighted by molar-refractivity contribution is 5.84. The van der Waals surface area contributed by atoms with Crippen LogP contribution < -0.4 is 0 Å². The normalized spacial score (nSPS) is 12.2. The van der Waals surface area contributed by atoms with Gasteiger partial charge in [0.2, 0.25) is 5.91 Å². The minimum Gasteiger partial charge on any atom is -0.481 e. The van der Waals surface area contributed by atoms with Gasteiger partial charge in [-0.1, -0.05) is 13.8 Å². The van der Waals surface area contributed by atoms with E-state index >= 15 is 0 Å². The number of ether oxygens (including phenoxy) is 1. The number of carbonyl (C=O) groups excluding carboxylic acids is 1. The van der Waals surface area contributed by atoms with Crippen molar-refractivity contribution in [3.05, 3.63) is 0 Å². The summed E-state index contributed by atoms with van der Waals surface area (Å²) in [5.74, 6) is -2.66. The minimum absolute atomic E-state index is 0.0729. The molecule has 19 heavy (non-hydrogen) atoms. The Hall–Kier alpha value is -1.63. The maximum Gasteiger partial charge on any atom is 0.326 e. The maximum absolute atomic E-state index is 11.8. The molecule has 0 heterocycles. The van der Waals surface area contributed by atoms with Gasteiger partial charge in [0.1, 0.15) is 12.6 Å². The van der Waals surface area contributed by atoms with E-state index in [4.69, 9.17) is 9.84 Å². The van der Waals surface area contributed by atoms with E-state index in [9.17, 15) is 19.5 Å². The Balaban J connectivity index is 4.97. The minimum atomic E-state index is -1.14. The van der Waals surface area contributed by atoms with E-state index in [1.165, 1.54) is 7.11 Å². The second-order valence-electron chi connectivity index (χ2n) is 4.65. The lowest BCUT2D eigenvalue weighted by molar-refractivity contribution is -0.153. The summed E-state index contributed by atoms with van der Waals surface area (Å²) in [5, 5.41) is 17.9. The summed E-state index contributed by atoms with van der Waals surface area (Å²) in [7, 11) is 1.32. The SMILES string of the molecule is COCC(=O)N(CCC(=O)O)C(CC(C)C)C(=O)O. The lowest BCUT2D eigenvalue weighted by Crippen LogP contribution is -2.48. The summed E-state index contributed by atoms with van der Waals surface area (Å²) in [5.41, 5.74) is 0. The number of carboxylic acids is 2. The molecule has 0 aromatic heterocycles. The van der Waals surface area contributed by atoms with Crippen molar-refractivity contribution in [3.8, 4) is 0 Å². The molecule has 0 spiro atoms. The maximum atomic E-state index is 11.8. The third-order valence-electron chi connectivity index (χ3n) is 2.51. The van der Waals surface area contributed by atoms with Gasteiger partial charge in [0, 0.05) is 13.7 Å². The second-order valence-corrected chi connectivity index (χ2v) is 4.65. The fourth-order valence-corrected chi connectivity index (χ4v) is 1.68. The van der Waals surface area contributed by atoms with Crippen molar-refractivity contribution in [3.63, 3.8) is 0 Å². The second kappa shape index (κ2) is 8.47. The molecule has 1 unspecified atom stereocenters. The summed E-state index contributed by atoms with van der Waals surface area (Å²) >= 11 is 0. The summed E-state index contributed by atoms with van der Waals surface area (Å²) < 4.78 is 4.69. The van der Waals surface area contributed by atoms with Crippen LogP contribution in [0.1, 0.15) is 26.7 Å². The highest BCUT2D eigenvalue weighted by Gasteiger charge is 2.30. The zero-order chi connectivity index (χ0) is 15.0. The van der Waals surface area contributed by atoms with Gasteiger partial charge in [-0.05, 0) is 12.3 Å². The molecule has 0 rings (SSSR count). The average molecular weight is 275 g/mol. The molecule has 0 aliphatic rings. The van der Waals surface area contributed by atoms with Crippen LogP contribution in [0.25, 0.3) is 0 Å². The van der Waals surface area contributed by atoms with Crippen LogP contribution in [0.5, 0.6) is 0 Å². The first-order valence-electron chi connectivity index (χ1n) is 6.02. The number of hydrogen-bond acceptors (Lipinski definition) is 4. The molecule has 1 amide bonds. The molecule has 0 aromatic carbocycles. The molecule has 7 nitrogen and oxygen atoms in total. The Morgan fingerprint density at radius 2 is 1.79 bits per heavy atom. The van der Waals surface area contributed by atoms with Gasteiger partial charge in [0.25, 0.3) is 0 Å². The van der Waals surface area contributed by atoms with Crippen LogP contribution in [0.4, 0.5) is 0 Å². The molecule has 7 heteroatoms. The Labute approximate surface area is 112 Å². The van der Waals surface area contributed by atoms with Crippen molar-refractivity contribution in [2.75, 3.05) is 20.3 Å². The van der Waals surface area contributed by atoms with Crippen LogP contribution in [-0.2, 0) is 19.1 Å². The van der Waals surface area contributed by atoms with E-state index in [0.717, 1.165) is 4.90 Å². The molecular weight excluding hydrogens is 254 g/mol. The Bertz CT molecular complexity index is 328. The van der Waals surface area contributed by atoms with E-state index in [1.807, 2.05) is 13.8 Å². The highest BCUT2D eigenvalue weighted by Crippen LogP contribution is 2.13. The molecule has 110 valence electrons. The summed E-state index contributed by atoms with van der Waals surface area (Å²) in [4.78, 5) is 34.7. The van der Waals surface area contributed by atoms with E-state index in [-0.39, 0.29) is 31.9 Å². The topological polar surface area (TPSA) is 104 Å². The summed E-state index contributed by atoms with van der Waals surface area (Å²) in [6.07, 6.45) is -0.0261. The number of carbonyl (C=O) groups is 3. The van der Waals surface area contributed by atoms with Crippen molar-refractivity contribution in [2.24, 2.45) is 5.92 Å². The Morgan fingerprint density at radius 1 is 1.21 bits per heavy atom. The fraction of sp³-hybridized carbons (Fsp3) is 0.750. The third-order valence-corrected chi connectivity index (χ3v) is 2.51. The molecule has 0 radical (unpaired) electrons. The van der Waals surface area contributed by atoms with Crippen molar-refractivity contribution >= 4 is 17.8 Å². The molecule has 0 saturated heterocycles.